The SMILES string of the molecule is CC=CCOc1ccc2c(F)c(C)ccc2c1. The molecule has 2 aromatic carbocycles. The minimum Gasteiger partial charge on any atom is -0.490 e. The molecule has 0 aliphatic heterocycles. The minimum absolute atomic E-state index is 0.150. The summed E-state index contributed by atoms with van der Waals surface area (Å²) in [5, 5.41) is 1.51. The summed E-state index contributed by atoms with van der Waals surface area (Å²) >= 11 is 0. The highest BCUT2D eigenvalue weighted by Gasteiger charge is 2.04. The van der Waals surface area contributed by atoms with Crippen molar-refractivity contribution in [2.45, 2.75) is 13.8 Å². The van der Waals surface area contributed by atoms with Crippen LogP contribution in [0.4, 0.5) is 4.39 Å². The van der Waals surface area contributed by atoms with E-state index in [1.54, 1.807) is 25.1 Å². The van der Waals surface area contributed by atoms with Crippen molar-refractivity contribution < 1.29 is 9.13 Å². The highest BCUT2D eigenvalue weighted by Crippen LogP contribution is 2.25. The molecular weight excluding hydrogens is 215 g/mol. The molecule has 17 heavy (non-hydrogen) atoms. The van der Waals surface area contributed by atoms with Crippen LogP contribution in [0.15, 0.2) is 42.5 Å². The van der Waals surface area contributed by atoms with E-state index in [4.69, 9.17) is 4.74 Å². The van der Waals surface area contributed by atoms with Gasteiger partial charge in [0.25, 0.3) is 0 Å². The van der Waals surface area contributed by atoms with Crippen LogP contribution in [0, 0.1) is 12.7 Å². The predicted molar refractivity (Wildman–Crippen MR) is 69.0 cm³/mol. The van der Waals surface area contributed by atoms with Crippen molar-refractivity contribution in [2.24, 2.45) is 0 Å². The lowest BCUT2D eigenvalue weighted by molar-refractivity contribution is 0.363. The van der Waals surface area contributed by atoms with E-state index in [-0.39, 0.29) is 5.82 Å². The maximum atomic E-state index is 13.8. The van der Waals surface area contributed by atoms with E-state index in [1.807, 2.05) is 31.2 Å². The molecule has 0 aliphatic carbocycles. The number of aryl methyl sites for hydroxylation is 1. The van der Waals surface area contributed by atoms with Gasteiger partial charge >= 0.3 is 0 Å². The van der Waals surface area contributed by atoms with Crippen molar-refractivity contribution in [3.05, 3.63) is 53.9 Å². The summed E-state index contributed by atoms with van der Waals surface area (Å²) in [5.41, 5.74) is 0.667. The van der Waals surface area contributed by atoms with Crippen LogP contribution in [-0.4, -0.2) is 6.61 Å². The third-order valence-corrected chi connectivity index (χ3v) is 2.70. The van der Waals surface area contributed by atoms with Gasteiger partial charge in [0.1, 0.15) is 18.2 Å². The molecule has 0 amide bonds. The highest BCUT2D eigenvalue weighted by atomic mass is 19.1. The molecule has 0 fully saturated rings. The number of ether oxygens (including phenoxy) is 1. The van der Waals surface area contributed by atoms with Gasteiger partial charge in [-0.2, -0.15) is 0 Å². The molecule has 0 aliphatic rings. The molecule has 88 valence electrons. The minimum atomic E-state index is -0.150. The van der Waals surface area contributed by atoms with Crippen molar-refractivity contribution >= 4 is 10.8 Å². The largest absolute Gasteiger partial charge is 0.490 e. The number of hydrogen-bond donors (Lipinski definition) is 0. The van der Waals surface area contributed by atoms with Crippen molar-refractivity contribution in [3.8, 4) is 5.75 Å². The van der Waals surface area contributed by atoms with E-state index >= 15 is 0 Å². The van der Waals surface area contributed by atoms with E-state index in [0.29, 0.717) is 17.6 Å². The Morgan fingerprint density at radius 2 is 2.06 bits per heavy atom. The predicted octanol–water partition coefficient (Wildman–Crippen LogP) is 4.24. The summed E-state index contributed by atoms with van der Waals surface area (Å²) < 4.78 is 19.3. The maximum absolute atomic E-state index is 13.8. The molecule has 0 bridgehead atoms. The number of halogens is 1. The molecule has 2 heteroatoms. The second-order valence-corrected chi connectivity index (χ2v) is 3.96. The fraction of sp³-hybridized carbons (Fsp3) is 0.200. The molecular formula is C15H15FO. The average Bonchev–Trinajstić information content (AvgIpc) is 2.34. The van der Waals surface area contributed by atoms with Gasteiger partial charge in [0.15, 0.2) is 0 Å². The smallest absolute Gasteiger partial charge is 0.133 e. The Morgan fingerprint density at radius 1 is 1.24 bits per heavy atom. The maximum Gasteiger partial charge on any atom is 0.133 e. The number of fused-ring (bicyclic) bond motifs is 1. The van der Waals surface area contributed by atoms with Gasteiger partial charge in [-0.1, -0.05) is 24.3 Å². The summed E-state index contributed by atoms with van der Waals surface area (Å²) in [4.78, 5) is 0. The lowest BCUT2D eigenvalue weighted by Gasteiger charge is -2.06. The molecule has 1 nitrogen and oxygen atoms in total. The van der Waals surface area contributed by atoms with E-state index in [2.05, 4.69) is 0 Å². The molecule has 2 rings (SSSR count). The molecule has 0 heterocycles. The number of hydrogen-bond acceptors (Lipinski definition) is 1. The molecule has 0 saturated carbocycles. The van der Waals surface area contributed by atoms with Crippen LogP contribution >= 0.6 is 0 Å². The molecule has 0 aromatic heterocycles. The second-order valence-electron chi connectivity index (χ2n) is 3.96. The van der Waals surface area contributed by atoms with Crippen LogP contribution in [-0.2, 0) is 0 Å². The third-order valence-electron chi connectivity index (χ3n) is 2.70. The topological polar surface area (TPSA) is 9.23 Å². The van der Waals surface area contributed by atoms with Crippen LogP contribution in [0.1, 0.15) is 12.5 Å². The lowest BCUT2D eigenvalue weighted by Crippen LogP contribution is -1.93. The zero-order valence-electron chi connectivity index (χ0n) is 10.0. The van der Waals surface area contributed by atoms with E-state index in [1.165, 1.54) is 0 Å². The van der Waals surface area contributed by atoms with Gasteiger partial charge in [-0.25, -0.2) is 4.39 Å². The molecule has 0 saturated heterocycles. The Labute approximate surface area is 101 Å². The Balaban J connectivity index is 2.35. The standard InChI is InChI=1S/C15H15FO/c1-3-4-9-17-13-7-8-14-12(10-13)6-5-11(2)15(14)16/h3-8,10H,9H2,1-2H3. The fourth-order valence-corrected chi connectivity index (χ4v) is 1.71. The van der Waals surface area contributed by atoms with Crippen LogP contribution in [0.2, 0.25) is 0 Å². The zero-order chi connectivity index (χ0) is 12.3. The van der Waals surface area contributed by atoms with Crippen molar-refractivity contribution in [3.63, 3.8) is 0 Å². The molecule has 2 aromatic rings. The number of rotatable bonds is 3. The van der Waals surface area contributed by atoms with E-state index < -0.39 is 0 Å². The Kier molecular flexibility index (Phi) is 3.43. The Bertz CT molecular complexity index is 558. The van der Waals surface area contributed by atoms with Crippen molar-refractivity contribution in [1.82, 2.24) is 0 Å². The van der Waals surface area contributed by atoms with Gasteiger partial charge in [0, 0.05) is 5.39 Å². The second kappa shape index (κ2) is 5.00. The Morgan fingerprint density at radius 3 is 2.82 bits per heavy atom. The molecule has 0 N–H and O–H groups in total. The first-order valence-electron chi connectivity index (χ1n) is 5.65. The summed E-state index contributed by atoms with van der Waals surface area (Å²) in [6, 6.07) is 9.13. The number of allylic oxidation sites excluding steroid dienone is 1. The fourth-order valence-electron chi connectivity index (χ4n) is 1.71. The van der Waals surface area contributed by atoms with Crippen LogP contribution in [0.25, 0.3) is 10.8 Å². The van der Waals surface area contributed by atoms with Gasteiger partial charge in [-0.05, 0) is 43.0 Å². The third kappa shape index (κ3) is 2.47. The van der Waals surface area contributed by atoms with Crippen molar-refractivity contribution in [2.75, 3.05) is 6.61 Å². The van der Waals surface area contributed by atoms with Gasteiger partial charge < -0.3 is 4.74 Å². The monoisotopic (exact) mass is 230 g/mol. The quantitative estimate of drug-likeness (QED) is 0.716. The Hall–Kier alpha value is -1.83. The normalized spacial score (nSPS) is 11.2. The van der Waals surface area contributed by atoms with Crippen LogP contribution in [0.3, 0.4) is 0 Å². The molecule has 0 spiro atoms. The van der Waals surface area contributed by atoms with Crippen LogP contribution in [0.5, 0.6) is 5.75 Å². The first-order chi connectivity index (χ1) is 8.22. The van der Waals surface area contributed by atoms with Gasteiger partial charge in [0.2, 0.25) is 0 Å². The van der Waals surface area contributed by atoms with Crippen molar-refractivity contribution in [1.29, 1.82) is 0 Å². The summed E-state index contributed by atoms with van der Waals surface area (Å²) in [6.45, 7) is 4.25. The van der Waals surface area contributed by atoms with E-state index in [9.17, 15) is 4.39 Å². The summed E-state index contributed by atoms with van der Waals surface area (Å²) in [7, 11) is 0. The first kappa shape index (κ1) is 11.6. The number of benzene rings is 2. The average molecular weight is 230 g/mol. The van der Waals surface area contributed by atoms with Crippen LogP contribution < -0.4 is 4.74 Å². The zero-order valence-corrected chi connectivity index (χ0v) is 10.0. The van der Waals surface area contributed by atoms with Gasteiger partial charge in [0.05, 0.1) is 0 Å². The first-order valence-corrected chi connectivity index (χ1v) is 5.65. The molecule has 0 atom stereocenters. The lowest BCUT2D eigenvalue weighted by atomic mass is 10.1. The van der Waals surface area contributed by atoms with Gasteiger partial charge in [-0.15, -0.1) is 0 Å². The van der Waals surface area contributed by atoms with E-state index in [0.717, 1.165) is 11.1 Å². The molecule has 0 radical (unpaired) electrons. The highest BCUT2D eigenvalue weighted by molar-refractivity contribution is 5.85. The summed E-state index contributed by atoms with van der Waals surface area (Å²) in [5.74, 6) is 0.612. The summed E-state index contributed by atoms with van der Waals surface area (Å²) in [6.07, 6.45) is 3.87. The molecule has 0 unspecified atom stereocenters. The van der Waals surface area contributed by atoms with Gasteiger partial charge in [-0.3, -0.25) is 0 Å².